The van der Waals surface area contributed by atoms with E-state index in [1.165, 1.54) is 13.3 Å². The second kappa shape index (κ2) is 5.05. The number of hydrogen-bond donors (Lipinski definition) is 3. The molecule has 15 heavy (non-hydrogen) atoms. The number of carbonyl (C=O) groups is 2. The number of ether oxygens (including phenoxy) is 1. The number of carboxylic acid groups (broad SMARTS) is 1. The van der Waals surface area contributed by atoms with Crippen molar-refractivity contribution in [3.8, 4) is 0 Å². The largest absolute Gasteiger partial charge is 0.480 e. The number of aliphatic carboxylic acids is 1. The first-order valence-corrected chi connectivity index (χ1v) is 4.03. The van der Waals surface area contributed by atoms with Gasteiger partial charge in [0.25, 0.3) is 5.91 Å². The van der Waals surface area contributed by atoms with Crippen molar-refractivity contribution in [3.05, 3.63) is 11.9 Å². The number of hydrogen-bond acceptors (Lipinski definition) is 5. The highest BCUT2D eigenvalue weighted by Crippen LogP contribution is 1.92. The first kappa shape index (κ1) is 11.1. The molecular formula is C7H10N4O4. The predicted molar refractivity (Wildman–Crippen MR) is 47.1 cm³/mol. The Labute approximate surface area is 84.6 Å². The second-order valence-electron chi connectivity index (χ2n) is 2.67. The standard InChI is InChI=1S/C7H10N4O4/c1-15-3-5(7(13)14)9-6(12)4-2-8-11-10-4/h2,5H,3H2,1H3,(H,9,12)(H,13,14)(H,8,10,11). The zero-order chi connectivity index (χ0) is 11.3. The molecule has 1 rings (SSSR count). The highest BCUT2D eigenvalue weighted by molar-refractivity contribution is 5.94. The van der Waals surface area contributed by atoms with E-state index < -0.39 is 17.9 Å². The van der Waals surface area contributed by atoms with Crippen molar-refractivity contribution < 1.29 is 19.4 Å². The van der Waals surface area contributed by atoms with Crippen LogP contribution in [0.3, 0.4) is 0 Å². The number of aromatic amines is 1. The van der Waals surface area contributed by atoms with Crippen LogP contribution in [0.1, 0.15) is 10.5 Å². The molecule has 0 saturated carbocycles. The number of methoxy groups -OCH3 is 1. The lowest BCUT2D eigenvalue weighted by Crippen LogP contribution is -2.43. The molecule has 1 unspecified atom stereocenters. The molecule has 0 bridgehead atoms. The monoisotopic (exact) mass is 214 g/mol. The number of amides is 1. The molecule has 0 saturated heterocycles. The lowest BCUT2D eigenvalue weighted by atomic mass is 10.3. The SMILES string of the molecule is COCC(NC(=O)c1cn[nH]n1)C(=O)O. The zero-order valence-electron chi connectivity index (χ0n) is 7.93. The molecule has 3 N–H and O–H groups in total. The summed E-state index contributed by atoms with van der Waals surface area (Å²) >= 11 is 0. The van der Waals surface area contributed by atoms with Gasteiger partial charge in [-0.1, -0.05) is 0 Å². The molecule has 1 amide bonds. The van der Waals surface area contributed by atoms with E-state index >= 15 is 0 Å². The molecule has 1 aromatic heterocycles. The van der Waals surface area contributed by atoms with Gasteiger partial charge in [-0.2, -0.15) is 15.4 Å². The van der Waals surface area contributed by atoms with Crippen molar-refractivity contribution in [1.82, 2.24) is 20.7 Å². The lowest BCUT2D eigenvalue weighted by Gasteiger charge is -2.11. The summed E-state index contributed by atoms with van der Waals surface area (Å²) in [6.07, 6.45) is 1.20. The van der Waals surface area contributed by atoms with E-state index in [2.05, 4.69) is 25.5 Å². The normalized spacial score (nSPS) is 12.1. The van der Waals surface area contributed by atoms with Crippen LogP contribution < -0.4 is 5.32 Å². The maximum Gasteiger partial charge on any atom is 0.328 e. The summed E-state index contributed by atoms with van der Waals surface area (Å²) < 4.78 is 4.64. The maximum absolute atomic E-state index is 11.3. The first-order chi connectivity index (χ1) is 7.15. The number of aromatic nitrogens is 3. The molecule has 0 spiro atoms. The summed E-state index contributed by atoms with van der Waals surface area (Å²) in [5, 5.41) is 20.1. The third kappa shape index (κ3) is 3.02. The van der Waals surface area contributed by atoms with Gasteiger partial charge in [-0.25, -0.2) is 4.79 Å². The molecule has 0 aliphatic carbocycles. The van der Waals surface area contributed by atoms with Crippen LogP contribution in [0.4, 0.5) is 0 Å². The van der Waals surface area contributed by atoms with Gasteiger partial charge in [0.15, 0.2) is 11.7 Å². The number of nitrogens with one attached hydrogen (secondary N) is 2. The minimum Gasteiger partial charge on any atom is -0.480 e. The summed E-state index contributed by atoms with van der Waals surface area (Å²) in [6, 6.07) is -1.10. The fourth-order valence-electron chi connectivity index (χ4n) is 0.885. The van der Waals surface area contributed by atoms with Crippen LogP contribution in [-0.4, -0.2) is 52.2 Å². The molecule has 1 aromatic rings. The molecule has 82 valence electrons. The van der Waals surface area contributed by atoms with Gasteiger partial charge in [-0.3, -0.25) is 4.79 Å². The summed E-state index contributed by atoms with van der Waals surface area (Å²) in [5.74, 6) is -1.79. The van der Waals surface area contributed by atoms with Gasteiger partial charge in [0.1, 0.15) is 0 Å². The topological polar surface area (TPSA) is 117 Å². The van der Waals surface area contributed by atoms with Crippen molar-refractivity contribution in [2.24, 2.45) is 0 Å². The smallest absolute Gasteiger partial charge is 0.328 e. The van der Waals surface area contributed by atoms with Gasteiger partial charge < -0.3 is 15.2 Å². The fraction of sp³-hybridized carbons (Fsp3) is 0.429. The molecule has 0 radical (unpaired) electrons. The van der Waals surface area contributed by atoms with Gasteiger partial charge >= 0.3 is 5.97 Å². The fourth-order valence-corrected chi connectivity index (χ4v) is 0.885. The summed E-state index contributed by atoms with van der Waals surface area (Å²) in [4.78, 5) is 22.0. The number of H-pyrrole nitrogens is 1. The number of rotatable bonds is 5. The number of nitrogens with zero attached hydrogens (tertiary/aromatic N) is 2. The van der Waals surface area contributed by atoms with Crippen LogP contribution in [0, 0.1) is 0 Å². The molecule has 8 heteroatoms. The molecule has 8 nitrogen and oxygen atoms in total. The van der Waals surface area contributed by atoms with E-state index in [-0.39, 0.29) is 12.3 Å². The van der Waals surface area contributed by atoms with Crippen LogP contribution in [0.5, 0.6) is 0 Å². The summed E-state index contributed by atoms with van der Waals surface area (Å²) in [7, 11) is 1.35. The van der Waals surface area contributed by atoms with Crippen LogP contribution in [-0.2, 0) is 9.53 Å². The Morgan fingerprint density at radius 1 is 1.73 bits per heavy atom. The molecular weight excluding hydrogens is 204 g/mol. The molecule has 0 fully saturated rings. The van der Waals surface area contributed by atoms with Gasteiger partial charge in [-0.05, 0) is 0 Å². The Hall–Kier alpha value is -1.96. The van der Waals surface area contributed by atoms with Crippen molar-refractivity contribution in [1.29, 1.82) is 0 Å². The molecule has 0 aliphatic rings. The number of carboxylic acids is 1. The summed E-state index contributed by atoms with van der Waals surface area (Å²) in [5.41, 5.74) is 0.0253. The minimum atomic E-state index is -1.17. The number of carbonyl (C=O) groups excluding carboxylic acids is 1. The molecule has 1 heterocycles. The van der Waals surface area contributed by atoms with Crippen LogP contribution in [0.2, 0.25) is 0 Å². The Balaban J connectivity index is 2.59. The van der Waals surface area contributed by atoms with Crippen LogP contribution in [0.25, 0.3) is 0 Å². The van der Waals surface area contributed by atoms with E-state index in [1.54, 1.807) is 0 Å². The third-order valence-electron chi connectivity index (χ3n) is 1.58. The van der Waals surface area contributed by atoms with E-state index in [1.807, 2.05) is 0 Å². The van der Waals surface area contributed by atoms with E-state index in [4.69, 9.17) is 5.11 Å². The Morgan fingerprint density at radius 2 is 2.47 bits per heavy atom. The van der Waals surface area contributed by atoms with E-state index in [0.29, 0.717) is 0 Å². The maximum atomic E-state index is 11.3. The van der Waals surface area contributed by atoms with Gasteiger partial charge in [0.05, 0.1) is 12.8 Å². The minimum absolute atomic E-state index is 0.0253. The van der Waals surface area contributed by atoms with E-state index in [0.717, 1.165) is 0 Å². The molecule has 1 atom stereocenters. The van der Waals surface area contributed by atoms with Crippen molar-refractivity contribution in [2.75, 3.05) is 13.7 Å². The van der Waals surface area contributed by atoms with E-state index in [9.17, 15) is 9.59 Å². The quantitative estimate of drug-likeness (QED) is 0.557. The van der Waals surface area contributed by atoms with Gasteiger partial charge in [0, 0.05) is 7.11 Å². The van der Waals surface area contributed by atoms with Crippen LogP contribution >= 0.6 is 0 Å². The van der Waals surface area contributed by atoms with Crippen molar-refractivity contribution in [3.63, 3.8) is 0 Å². The average molecular weight is 214 g/mol. The Kier molecular flexibility index (Phi) is 3.75. The Morgan fingerprint density at radius 3 is 2.93 bits per heavy atom. The second-order valence-corrected chi connectivity index (χ2v) is 2.67. The predicted octanol–water partition coefficient (Wildman–Crippen LogP) is -1.37. The molecule has 0 aliphatic heterocycles. The molecule has 0 aromatic carbocycles. The Bertz CT molecular complexity index is 337. The summed E-state index contributed by atoms with van der Waals surface area (Å²) in [6.45, 7) is -0.112. The van der Waals surface area contributed by atoms with Crippen molar-refractivity contribution in [2.45, 2.75) is 6.04 Å². The zero-order valence-corrected chi connectivity index (χ0v) is 7.93. The highest BCUT2D eigenvalue weighted by atomic mass is 16.5. The third-order valence-corrected chi connectivity index (χ3v) is 1.58. The van der Waals surface area contributed by atoms with Gasteiger partial charge in [0.2, 0.25) is 0 Å². The first-order valence-electron chi connectivity index (χ1n) is 4.03. The lowest BCUT2D eigenvalue weighted by molar-refractivity contribution is -0.140. The van der Waals surface area contributed by atoms with Gasteiger partial charge in [-0.15, -0.1) is 0 Å². The van der Waals surface area contributed by atoms with Crippen molar-refractivity contribution >= 4 is 11.9 Å². The van der Waals surface area contributed by atoms with Crippen LogP contribution in [0.15, 0.2) is 6.20 Å². The average Bonchev–Trinajstić information content (AvgIpc) is 2.69. The highest BCUT2D eigenvalue weighted by Gasteiger charge is 2.21.